The number of hydrogen-bond acceptors (Lipinski definition) is 2. The molecule has 0 saturated heterocycles. The molecule has 3 heteroatoms. The van der Waals surface area contributed by atoms with E-state index in [9.17, 15) is 0 Å². The van der Waals surface area contributed by atoms with Gasteiger partial charge in [-0.25, -0.2) is 4.99 Å². The van der Waals surface area contributed by atoms with Crippen molar-refractivity contribution in [2.24, 2.45) is 4.99 Å². The number of aliphatic imine (C=N–C) groups is 1. The second kappa shape index (κ2) is 7.04. The van der Waals surface area contributed by atoms with Gasteiger partial charge in [0.15, 0.2) is 0 Å². The van der Waals surface area contributed by atoms with Gasteiger partial charge >= 0.3 is 0 Å². The third kappa shape index (κ3) is 3.45. The topological polar surface area (TPSA) is 24.8 Å². The second-order valence-electron chi connectivity index (χ2n) is 7.17. The highest BCUT2D eigenvalue weighted by Gasteiger charge is 2.39. The minimum atomic E-state index is -0.00214. The molecule has 0 bridgehead atoms. The first-order valence-corrected chi connectivity index (χ1v) is 9.17. The lowest BCUT2D eigenvalue weighted by Gasteiger charge is -2.42. The Balaban J connectivity index is 1.89. The van der Waals surface area contributed by atoms with Crippen LogP contribution in [0, 0.1) is 6.92 Å². The zero-order valence-electron chi connectivity index (χ0n) is 14.9. The van der Waals surface area contributed by atoms with Crippen LogP contribution >= 0.6 is 0 Å². The molecule has 3 rings (SSSR count). The van der Waals surface area contributed by atoms with Crippen molar-refractivity contribution in [2.75, 3.05) is 20.2 Å². The SMILES string of the molecule is CCCN(C)C=Nc1cc2c(cc1C)C1(CCCCC1)OCC2. The maximum absolute atomic E-state index is 6.31. The summed E-state index contributed by atoms with van der Waals surface area (Å²) in [5, 5.41) is 0. The first kappa shape index (κ1) is 16.5. The van der Waals surface area contributed by atoms with E-state index < -0.39 is 0 Å². The van der Waals surface area contributed by atoms with Crippen LogP contribution in [0.15, 0.2) is 17.1 Å². The van der Waals surface area contributed by atoms with Gasteiger partial charge < -0.3 is 9.64 Å². The number of aryl methyl sites for hydroxylation is 1. The molecule has 23 heavy (non-hydrogen) atoms. The summed E-state index contributed by atoms with van der Waals surface area (Å²) in [6, 6.07) is 4.66. The monoisotopic (exact) mass is 314 g/mol. The van der Waals surface area contributed by atoms with E-state index in [-0.39, 0.29) is 5.60 Å². The molecular formula is C20H30N2O. The van der Waals surface area contributed by atoms with Gasteiger partial charge in [0.25, 0.3) is 0 Å². The predicted octanol–water partition coefficient (Wildman–Crippen LogP) is 4.73. The maximum atomic E-state index is 6.31. The zero-order chi connectivity index (χ0) is 16.3. The summed E-state index contributed by atoms with van der Waals surface area (Å²) in [5.74, 6) is 0. The predicted molar refractivity (Wildman–Crippen MR) is 96.7 cm³/mol. The molecule has 1 aliphatic heterocycles. The molecular weight excluding hydrogens is 284 g/mol. The van der Waals surface area contributed by atoms with Gasteiger partial charge in [0, 0.05) is 13.6 Å². The van der Waals surface area contributed by atoms with Crippen molar-refractivity contribution in [3.63, 3.8) is 0 Å². The van der Waals surface area contributed by atoms with Gasteiger partial charge in [0.2, 0.25) is 0 Å². The third-order valence-electron chi connectivity index (χ3n) is 5.29. The van der Waals surface area contributed by atoms with Crippen molar-refractivity contribution in [1.82, 2.24) is 4.90 Å². The Morgan fingerprint density at radius 1 is 1.26 bits per heavy atom. The highest BCUT2D eigenvalue weighted by Crippen LogP contribution is 2.45. The van der Waals surface area contributed by atoms with Crippen LogP contribution in [0.2, 0.25) is 0 Å². The summed E-state index contributed by atoms with van der Waals surface area (Å²) in [7, 11) is 2.09. The standard InChI is InChI=1S/C20H30N2O/c1-4-11-22(3)15-21-19-14-17-8-12-23-20(9-6-5-7-10-20)18(17)13-16(19)2/h13-15H,4-12H2,1-3H3. The number of hydrogen-bond donors (Lipinski definition) is 0. The molecule has 0 amide bonds. The van der Waals surface area contributed by atoms with E-state index in [0.29, 0.717) is 0 Å². The van der Waals surface area contributed by atoms with Crippen LogP contribution < -0.4 is 0 Å². The molecule has 1 aromatic rings. The highest BCUT2D eigenvalue weighted by molar-refractivity contribution is 5.64. The van der Waals surface area contributed by atoms with Crippen LogP contribution in [0.4, 0.5) is 5.69 Å². The van der Waals surface area contributed by atoms with Crippen molar-refractivity contribution in [1.29, 1.82) is 0 Å². The van der Waals surface area contributed by atoms with E-state index in [1.165, 1.54) is 48.8 Å². The van der Waals surface area contributed by atoms with Crippen LogP contribution in [0.25, 0.3) is 0 Å². The van der Waals surface area contributed by atoms with Crippen LogP contribution in [-0.2, 0) is 16.8 Å². The van der Waals surface area contributed by atoms with Gasteiger partial charge in [0.1, 0.15) is 0 Å². The van der Waals surface area contributed by atoms with Gasteiger partial charge in [-0.3, -0.25) is 0 Å². The lowest BCUT2D eigenvalue weighted by atomic mass is 9.75. The van der Waals surface area contributed by atoms with E-state index in [1.54, 1.807) is 0 Å². The van der Waals surface area contributed by atoms with Crippen molar-refractivity contribution in [3.8, 4) is 0 Å². The van der Waals surface area contributed by atoms with E-state index in [1.807, 2.05) is 6.34 Å². The number of ether oxygens (including phenoxy) is 1. The van der Waals surface area contributed by atoms with Gasteiger partial charge in [-0.1, -0.05) is 32.3 Å². The minimum Gasteiger partial charge on any atom is -0.370 e. The first-order chi connectivity index (χ1) is 11.1. The molecule has 3 nitrogen and oxygen atoms in total. The molecule has 1 aromatic carbocycles. The average Bonchev–Trinajstić information content (AvgIpc) is 2.55. The van der Waals surface area contributed by atoms with Crippen molar-refractivity contribution >= 4 is 12.0 Å². The summed E-state index contributed by atoms with van der Waals surface area (Å²) in [6.07, 6.45) is 10.4. The van der Waals surface area contributed by atoms with Crippen LogP contribution in [-0.4, -0.2) is 31.4 Å². The van der Waals surface area contributed by atoms with Gasteiger partial charge in [-0.2, -0.15) is 0 Å². The van der Waals surface area contributed by atoms with E-state index in [4.69, 9.17) is 9.73 Å². The quantitative estimate of drug-likeness (QED) is 0.593. The first-order valence-electron chi connectivity index (χ1n) is 9.17. The van der Waals surface area contributed by atoms with Gasteiger partial charge in [-0.05, 0) is 55.4 Å². The zero-order valence-corrected chi connectivity index (χ0v) is 14.9. The van der Waals surface area contributed by atoms with Crippen molar-refractivity contribution < 1.29 is 4.74 Å². The molecule has 1 fully saturated rings. The largest absolute Gasteiger partial charge is 0.370 e. The molecule has 1 saturated carbocycles. The Labute approximate surface area is 140 Å². The van der Waals surface area contributed by atoms with Gasteiger partial charge in [0.05, 0.1) is 24.2 Å². The summed E-state index contributed by atoms with van der Waals surface area (Å²) in [6.45, 7) is 6.27. The fourth-order valence-corrected chi connectivity index (χ4v) is 4.05. The Morgan fingerprint density at radius 3 is 2.78 bits per heavy atom. The van der Waals surface area contributed by atoms with Crippen molar-refractivity contribution in [3.05, 3.63) is 28.8 Å². The van der Waals surface area contributed by atoms with Gasteiger partial charge in [-0.15, -0.1) is 0 Å². The summed E-state index contributed by atoms with van der Waals surface area (Å²) in [5.41, 5.74) is 5.27. The number of fused-ring (bicyclic) bond motifs is 2. The molecule has 0 unspecified atom stereocenters. The third-order valence-corrected chi connectivity index (χ3v) is 5.29. The van der Waals surface area contributed by atoms with Crippen molar-refractivity contribution in [2.45, 2.75) is 64.4 Å². The molecule has 0 radical (unpaired) electrons. The highest BCUT2D eigenvalue weighted by atomic mass is 16.5. The summed E-state index contributed by atoms with van der Waals surface area (Å²) < 4.78 is 6.31. The average molecular weight is 314 g/mol. The second-order valence-corrected chi connectivity index (χ2v) is 7.17. The molecule has 0 aromatic heterocycles. The van der Waals surface area contributed by atoms with Crippen LogP contribution in [0.1, 0.15) is 62.1 Å². The molecule has 2 aliphatic rings. The summed E-state index contributed by atoms with van der Waals surface area (Å²) in [4.78, 5) is 6.88. The fourth-order valence-electron chi connectivity index (χ4n) is 4.05. The maximum Gasteiger partial charge on any atom is 0.0934 e. The molecule has 1 heterocycles. The normalized spacial score (nSPS) is 20.0. The lowest BCUT2D eigenvalue weighted by molar-refractivity contribution is -0.0847. The smallest absolute Gasteiger partial charge is 0.0934 e. The lowest BCUT2D eigenvalue weighted by Crippen LogP contribution is -2.37. The van der Waals surface area contributed by atoms with Crippen LogP contribution in [0.3, 0.4) is 0 Å². The van der Waals surface area contributed by atoms with Crippen LogP contribution in [0.5, 0.6) is 0 Å². The Hall–Kier alpha value is -1.35. The number of benzene rings is 1. The fraction of sp³-hybridized carbons (Fsp3) is 0.650. The molecule has 1 spiro atoms. The Kier molecular flexibility index (Phi) is 5.05. The Bertz CT molecular complexity index is 573. The van der Waals surface area contributed by atoms with E-state index >= 15 is 0 Å². The Morgan fingerprint density at radius 2 is 2.04 bits per heavy atom. The minimum absolute atomic E-state index is 0.00214. The summed E-state index contributed by atoms with van der Waals surface area (Å²) >= 11 is 0. The number of rotatable bonds is 4. The van der Waals surface area contributed by atoms with E-state index in [0.717, 1.165) is 31.7 Å². The molecule has 0 atom stereocenters. The molecule has 0 N–H and O–H groups in total. The molecule has 126 valence electrons. The number of nitrogens with zero attached hydrogens (tertiary/aromatic N) is 2. The molecule has 1 aliphatic carbocycles. The van der Waals surface area contributed by atoms with E-state index in [2.05, 4.69) is 37.9 Å².